The van der Waals surface area contributed by atoms with Crippen molar-refractivity contribution in [2.45, 2.75) is 25.8 Å². The molecule has 0 bridgehead atoms. The summed E-state index contributed by atoms with van der Waals surface area (Å²) in [6, 6.07) is -0.400. The van der Waals surface area contributed by atoms with Gasteiger partial charge in [0.2, 0.25) is 10.0 Å². The fourth-order valence-electron chi connectivity index (χ4n) is 1.19. The summed E-state index contributed by atoms with van der Waals surface area (Å²) in [5.41, 5.74) is 0. The number of rotatable bonds is 7. The topological polar surface area (TPSA) is 87.7 Å². The zero-order valence-corrected chi connectivity index (χ0v) is 10.6. The number of nitrogens with zero attached hydrogens (tertiary/aromatic N) is 2. The third-order valence-corrected chi connectivity index (χ3v) is 3.80. The summed E-state index contributed by atoms with van der Waals surface area (Å²) in [5.74, 6) is 1.06. The molecule has 1 rings (SSSR count). The molecule has 1 atom stereocenters. The molecular weight excluding hydrogens is 252 g/mol. The molecule has 0 aromatic carbocycles. The van der Waals surface area contributed by atoms with Crippen molar-refractivity contribution in [3.05, 3.63) is 12.2 Å². The predicted octanol–water partition coefficient (Wildman–Crippen LogP) is 0.804. The van der Waals surface area contributed by atoms with Gasteiger partial charge in [-0.2, -0.15) is 5.10 Å². The van der Waals surface area contributed by atoms with Crippen LogP contribution in [0, 0.1) is 0 Å². The Morgan fingerprint density at radius 3 is 2.88 bits per heavy atom. The minimum Gasteiger partial charge on any atom is -0.262 e. The van der Waals surface area contributed by atoms with E-state index in [0.29, 0.717) is 24.5 Å². The maximum absolute atomic E-state index is 11.6. The smallest absolute Gasteiger partial charge is 0.212 e. The molecule has 1 heterocycles. The Labute approximate surface area is 99.9 Å². The number of hydrogen-bond donors (Lipinski definition) is 2. The molecule has 0 aliphatic rings. The maximum atomic E-state index is 11.6. The van der Waals surface area contributed by atoms with Crippen LogP contribution in [0.5, 0.6) is 0 Å². The van der Waals surface area contributed by atoms with E-state index in [1.54, 1.807) is 6.92 Å². The van der Waals surface area contributed by atoms with Crippen LogP contribution in [0.3, 0.4) is 0 Å². The van der Waals surface area contributed by atoms with Gasteiger partial charge >= 0.3 is 0 Å². The summed E-state index contributed by atoms with van der Waals surface area (Å²) >= 11 is 5.48. The van der Waals surface area contributed by atoms with Crippen molar-refractivity contribution in [1.29, 1.82) is 0 Å². The maximum Gasteiger partial charge on any atom is 0.212 e. The van der Waals surface area contributed by atoms with Gasteiger partial charge in [0, 0.05) is 5.88 Å². The monoisotopic (exact) mass is 266 g/mol. The summed E-state index contributed by atoms with van der Waals surface area (Å²) in [7, 11) is -3.28. The van der Waals surface area contributed by atoms with Gasteiger partial charge in [-0.15, -0.1) is 11.6 Å². The quantitative estimate of drug-likeness (QED) is 0.565. The number of hydrogen-bond acceptors (Lipinski definition) is 4. The minimum atomic E-state index is -3.28. The van der Waals surface area contributed by atoms with Gasteiger partial charge in [0.15, 0.2) is 0 Å². The number of aromatic nitrogens is 3. The lowest BCUT2D eigenvalue weighted by molar-refractivity contribution is 0.557. The zero-order valence-electron chi connectivity index (χ0n) is 8.98. The second kappa shape index (κ2) is 6.17. The molecule has 16 heavy (non-hydrogen) atoms. The van der Waals surface area contributed by atoms with Crippen LogP contribution in [0.2, 0.25) is 0 Å². The van der Waals surface area contributed by atoms with Gasteiger partial charge in [-0.05, 0) is 19.8 Å². The highest BCUT2D eigenvalue weighted by atomic mass is 35.5. The SMILES string of the molecule is CC(NS(=O)(=O)CCCCCl)c1ncn[nH]1. The molecule has 0 aliphatic carbocycles. The first-order valence-corrected chi connectivity index (χ1v) is 7.15. The number of sulfonamides is 1. The first kappa shape index (κ1) is 13.4. The summed E-state index contributed by atoms with van der Waals surface area (Å²) in [6.45, 7) is 1.71. The third kappa shape index (κ3) is 4.46. The second-order valence-corrected chi connectivity index (χ2v) is 5.68. The number of unbranched alkanes of at least 4 members (excludes halogenated alkanes) is 1. The average molecular weight is 267 g/mol. The highest BCUT2D eigenvalue weighted by Crippen LogP contribution is 2.07. The molecule has 1 aromatic rings. The van der Waals surface area contributed by atoms with Crippen molar-refractivity contribution in [1.82, 2.24) is 19.9 Å². The summed E-state index contributed by atoms with van der Waals surface area (Å²) < 4.78 is 25.7. The molecule has 6 nitrogen and oxygen atoms in total. The van der Waals surface area contributed by atoms with Gasteiger partial charge in [-0.25, -0.2) is 18.1 Å². The molecule has 92 valence electrons. The number of halogens is 1. The van der Waals surface area contributed by atoms with Crippen LogP contribution in [-0.2, 0) is 10.0 Å². The minimum absolute atomic E-state index is 0.0815. The molecule has 0 fully saturated rings. The van der Waals surface area contributed by atoms with Crippen LogP contribution in [-0.4, -0.2) is 35.2 Å². The Kier molecular flexibility index (Phi) is 5.17. The van der Waals surface area contributed by atoms with Gasteiger partial charge in [0.1, 0.15) is 12.2 Å². The van der Waals surface area contributed by atoms with Crippen molar-refractivity contribution in [3.63, 3.8) is 0 Å². The van der Waals surface area contributed by atoms with Gasteiger partial charge in [-0.3, -0.25) is 5.10 Å². The van der Waals surface area contributed by atoms with E-state index >= 15 is 0 Å². The number of nitrogens with one attached hydrogen (secondary N) is 2. The lowest BCUT2D eigenvalue weighted by Crippen LogP contribution is -2.29. The Morgan fingerprint density at radius 2 is 2.31 bits per heavy atom. The normalized spacial score (nSPS) is 13.9. The molecule has 1 aromatic heterocycles. The second-order valence-electron chi connectivity index (χ2n) is 3.43. The third-order valence-electron chi connectivity index (χ3n) is 2.00. The molecule has 8 heteroatoms. The summed E-state index contributed by atoms with van der Waals surface area (Å²) in [4.78, 5) is 3.88. The van der Waals surface area contributed by atoms with Gasteiger partial charge < -0.3 is 0 Å². The molecule has 0 aliphatic heterocycles. The van der Waals surface area contributed by atoms with E-state index in [0.717, 1.165) is 0 Å². The van der Waals surface area contributed by atoms with Crippen LogP contribution >= 0.6 is 11.6 Å². The standard InChI is InChI=1S/C8H15ClN4O2S/c1-7(8-10-6-11-12-8)13-16(14,15)5-3-2-4-9/h6-7,13H,2-5H2,1H3,(H,10,11,12). The van der Waals surface area contributed by atoms with Crippen molar-refractivity contribution in [3.8, 4) is 0 Å². The Hall–Kier alpha value is -0.660. The van der Waals surface area contributed by atoms with E-state index in [4.69, 9.17) is 11.6 Å². The van der Waals surface area contributed by atoms with E-state index in [-0.39, 0.29) is 5.75 Å². The molecule has 0 amide bonds. The van der Waals surface area contributed by atoms with E-state index in [2.05, 4.69) is 19.9 Å². The van der Waals surface area contributed by atoms with E-state index in [9.17, 15) is 8.42 Å². The van der Waals surface area contributed by atoms with Crippen LogP contribution in [0.15, 0.2) is 6.33 Å². The first-order chi connectivity index (χ1) is 7.55. The lowest BCUT2D eigenvalue weighted by Gasteiger charge is -2.11. The van der Waals surface area contributed by atoms with Crippen molar-refractivity contribution in [2.24, 2.45) is 0 Å². The highest BCUT2D eigenvalue weighted by molar-refractivity contribution is 7.89. The Morgan fingerprint density at radius 1 is 1.56 bits per heavy atom. The average Bonchev–Trinajstić information content (AvgIpc) is 2.69. The van der Waals surface area contributed by atoms with Crippen molar-refractivity contribution < 1.29 is 8.42 Å². The molecule has 2 N–H and O–H groups in total. The van der Waals surface area contributed by atoms with Crippen molar-refractivity contribution >= 4 is 21.6 Å². The molecular formula is C8H15ClN4O2S. The number of H-pyrrole nitrogens is 1. The van der Waals surface area contributed by atoms with Crippen molar-refractivity contribution in [2.75, 3.05) is 11.6 Å². The van der Waals surface area contributed by atoms with E-state index in [1.165, 1.54) is 6.33 Å². The van der Waals surface area contributed by atoms with Crippen LogP contribution in [0.1, 0.15) is 31.6 Å². The predicted molar refractivity (Wildman–Crippen MR) is 61.7 cm³/mol. The van der Waals surface area contributed by atoms with Gasteiger partial charge in [0.05, 0.1) is 11.8 Å². The molecule has 1 unspecified atom stereocenters. The molecule has 0 radical (unpaired) electrons. The Balaban J connectivity index is 2.46. The van der Waals surface area contributed by atoms with Crippen LogP contribution < -0.4 is 4.72 Å². The van der Waals surface area contributed by atoms with Crippen LogP contribution in [0.25, 0.3) is 0 Å². The fraction of sp³-hybridized carbons (Fsp3) is 0.750. The lowest BCUT2D eigenvalue weighted by atomic mass is 10.3. The first-order valence-electron chi connectivity index (χ1n) is 4.96. The molecule has 0 saturated carbocycles. The zero-order chi connectivity index (χ0) is 12.0. The Bertz CT molecular complexity index is 392. The van der Waals surface area contributed by atoms with Gasteiger partial charge in [0.25, 0.3) is 0 Å². The molecule has 0 spiro atoms. The summed E-state index contributed by atoms with van der Waals surface area (Å²) in [6.07, 6.45) is 2.59. The van der Waals surface area contributed by atoms with E-state index < -0.39 is 16.1 Å². The molecule has 0 saturated heterocycles. The summed E-state index contributed by atoms with van der Waals surface area (Å²) in [5, 5.41) is 6.28. The number of aromatic amines is 1. The van der Waals surface area contributed by atoms with E-state index in [1.807, 2.05) is 0 Å². The van der Waals surface area contributed by atoms with Crippen LogP contribution in [0.4, 0.5) is 0 Å². The number of alkyl halides is 1. The fourth-order valence-corrected chi connectivity index (χ4v) is 2.74. The highest BCUT2D eigenvalue weighted by Gasteiger charge is 2.16. The van der Waals surface area contributed by atoms with Gasteiger partial charge in [-0.1, -0.05) is 0 Å². The largest absolute Gasteiger partial charge is 0.262 e.